The van der Waals surface area contributed by atoms with Gasteiger partial charge in [0.1, 0.15) is 195 Å². The standard InChI is InChI=1S/C68H112O43/c1-21-11-67-9-5-30-65(2,7-4-8-66(30,3)64(95)110-62-47(91)40(84)35(79)29(104-62)19-96-56-44(88)37(81)32(76)22(12-69)97-56)31(67)6-10-68(21,20-67)111-63-55(109-58-46(90)39(83)34(78)24(14-71)99-58)54(36(80)25(15-72)100-63)108-61-50(94)43(87)53(28(18-75)103-61)107-60-49(93)42(86)52(27(17-74)102-60)106-59-48(92)41(85)51(26(16-73)101-59)105-57-45(89)38(82)33(77)23(13-70)98-57/h22-64,69-95H,1,4-20H2,2-3H3/t22?,23?,24?,25?,26?,27?,28?,29?,30?,31-,32?,33?,34?,35?,36?,37?,38?,39?,40?,41?,42?,43?,44?,45?,46?,47?,48?,49?,50?,51?,52?,53?,54?,55?,56?,57?,58?,59?,60?,61?,62?,63?,64?,65+,66+,67+,68-/m0/s1. The van der Waals surface area contributed by atoms with Gasteiger partial charge in [-0.3, -0.25) is 0 Å². The summed E-state index contributed by atoms with van der Waals surface area (Å²) in [5.41, 5.74) is -2.95. The summed E-state index contributed by atoms with van der Waals surface area (Å²) in [6, 6.07) is 0. The Hall–Kier alpha value is -1.98. The topological polar surface area (TPSA) is 694 Å². The van der Waals surface area contributed by atoms with E-state index in [9.17, 15) is 138 Å². The lowest BCUT2D eigenvalue weighted by molar-refractivity contribution is -0.407. The molecule has 12 aliphatic rings. The summed E-state index contributed by atoms with van der Waals surface area (Å²) < 4.78 is 95.2. The minimum Gasteiger partial charge on any atom is -0.394 e. The lowest BCUT2D eigenvalue weighted by Crippen LogP contribution is -2.69. The predicted molar refractivity (Wildman–Crippen MR) is 351 cm³/mol. The van der Waals surface area contributed by atoms with E-state index < -0.39 is 327 Å². The summed E-state index contributed by atoms with van der Waals surface area (Å²) in [5, 5.41) is 295. The SMILES string of the molecule is C=C1C[C@@]23CCC4[C@](C)(C(O)OC5OC(COC6OC(CO)C(O)C(O)C6O)C(O)C(O)C5O)CCC[C@@]4(C)[C@@H]2CC[C@]1(OC1OC(CO)C(O)C(OC2OC(CO)C(OC4OC(CO)C(OC5OC(CO)C(OC6OC(CO)C(O)C(O)C6O)C(O)C5O)C(O)C4O)C(O)C2O)C1OC1OC(CO)C(O)C(O)C1O)C3. The summed E-state index contributed by atoms with van der Waals surface area (Å²) >= 11 is 0. The van der Waals surface area contributed by atoms with Crippen LogP contribution in [0.15, 0.2) is 12.2 Å². The quantitative estimate of drug-likeness (QED) is 0.0229. The summed E-state index contributed by atoms with van der Waals surface area (Å²) in [6.45, 7) is 1.18. The molecule has 0 aromatic rings. The van der Waals surface area contributed by atoms with Gasteiger partial charge in [0, 0.05) is 5.41 Å². The predicted octanol–water partition coefficient (Wildman–Crippen LogP) is -14.0. The fraction of sp³-hybridized carbons (Fsp3) is 0.971. The van der Waals surface area contributed by atoms with Crippen LogP contribution in [0, 0.1) is 28.1 Å². The van der Waals surface area contributed by atoms with Crippen LogP contribution >= 0.6 is 0 Å². The van der Waals surface area contributed by atoms with Crippen molar-refractivity contribution in [3.05, 3.63) is 12.2 Å². The number of ether oxygens (including phenoxy) is 16. The van der Waals surface area contributed by atoms with Crippen LogP contribution in [0.2, 0.25) is 0 Å². The Kier molecular flexibility index (Phi) is 28.1. The highest BCUT2D eigenvalue weighted by molar-refractivity contribution is 5.30. The first kappa shape index (κ1) is 88.3. The molecule has 642 valence electrons. The van der Waals surface area contributed by atoms with Gasteiger partial charge >= 0.3 is 0 Å². The van der Waals surface area contributed by atoms with Crippen LogP contribution in [-0.2, 0) is 75.8 Å². The largest absolute Gasteiger partial charge is 0.394 e. The van der Waals surface area contributed by atoms with Gasteiger partial charge in [-0.1, -0.05) is 26.8 Å². The highest BCUT2D eigenvalue weighted by Gasteiger charge is 2.70. The van der Waals surface area contributed by atoms with E-state index in [1.807, 2.05) is 6.92 Å². The maximum atomic E-state index is 12.3. The Labute approximate surface area is 634 Å². The molecule has 47 atom stereocenters. The van der Waals surface area contributed by atoms with Crippen molar-refractivity contribution in [3.8, 4) is 0 Å². The van der Waals surface area contributed by atoms with Gasteiger partial charge < -0.3 is 214 Å². The number of rotatable bonds is 25. The van der Waals surface area contributed by atoms with Crippen molar-refractivity contribution < 1.29 is 214 Å². The minimum atomic E-state index is -2.32. The van der Waals surface area contributed by atoms with E-state index in [1.165, 1.54) is 0 Å². The third-order valence-electron chi connectivity index (χ3n) is 25.7. The molecule has 42 unspecified atom stereocenters. The molecule has 0 amide bonds. The van der Waals surface area contributed by atoms with Crippen LogP contribution in [0.3, 0.4) is 0 Å². The van der Waals surface area contributed by atoms with E-state index in [0.29, 0.717) is 50.5 Å². The normalized spacial score (nSPS) is 54.8. The van der Waals surface area contributed by atoms with Crippen molar-refractivity contribution in [2.24, 2.45) is 28.1 Å². The van der Waals surface area contributed by atoms with Crippen LogP contribution in [-0.4, -0.2) is 448 Å². The number of hydrogen-bond acceptors (Lipinski definition) is 43. The third-order valence-corrected chi connectivity index (χ3v) is 25.7. The molecule has 12 rings (SSSR count). The van der Waals surface area contributed by atoms with Crippen LogP contribution in [0.25, 0.3) is 0 Å². The molecular formula is C68H112O43. The first-order valence-electron chi connectivity index (χ1n) is 37.6. The Morgan fingerprint density at radius 2 is 0.694 bits per heavy atom. The molecule has 43 heteroatoms. The van der Waals surface area contributed by atoms with Crippen molar-refractivity contribution in [1.82, 2.24) is 0 Å². The van der Waals surface area contributed by atoms with Gasteiger partial charge in [0.05, 0.1) is 58.5 Å². The Morgan fingerprint density at radius 3 is 1.14 bits per heavy atom. The second-order valence-corrected chi connectivity index (χ2v) is 32.2. The first-order chi connectivity index (χ1) is 52.5. The molecule has 12 fully saturated rings. The van der Waals surface area contributed by atoms with Crippen LogP contribution in [0.1, 0.15) is 71.6 Å². The fourth-order valence-electron chi connectivity index (χ4n) is 19.5. The summed E-state index contributed by atoms with van der Waals surface area (Å²) in [5.74, 6) is -0.403. The molecule has 4 aliphatic carbocycles. The number of aliphatic hydroxyl groups is 27. The van der Waals surface area contributed by atoms with Crippen LogP contribution < -0.4 is 0 Å². The minimum absolute atomic E-state index is 0.116. The lowest BCUT2D eigenvalue weighted by Gasteiger charge is -2.65. The van der Waals surface area contributed by atoms with Gasteiger partial charge in [-0.25, -0.2) is 0 Å². The van der Waals surface area contributed by atoms with Crippen molar-refractivity contribution in [2.75, 3.05) is 52.9 Å². The number of aliphatic hydroxyl groups excluding tert-OH is 27. The van der Waals surface area contributed by atoms with E-state index in [0.717, 1.165) is 0 Å². The van der Waals surface area contributed by atoms with Gasteiger partial charge in [-0.15, -0.1) is 0 Å². The average Bonchev–Trinajstić information content (AvgIpc) is 1.57. The van der Waals surface area contributed by atoms with E-state index >= 15 is 0 Å². The monoisotopic (exact) mass is 1620 g/mol. The molecule has 1 spiro atoms. The fourth-order valence-corrected chi connectivity index (χ4v) is 19.5. The molecule has 8 aliphatic heterocycles. The molecule has 2 bridgehead atoms. The zero-order chi connectivity index (χ0) is 80.7. The summed E-state index contributed by atoms with van der Waals surface area (Å²) in [7, 11) is 0. The maximum absolute atomic E-state index is 12.3. The van der Waals surface area contributed by atoms with E-state index in [-0.39, 0.29) is 24.7 Å². The molecule has 8 heterocycles. The van der Waals surface area contributed by atoms with Crippen molar-refractivity contribution in [3.63, 3.8) is 0 Å². The van der Waals surface area contributed by atoms with E-state index in [1.54, 1.807) is 0 Å². The van der Waals surface area contributed by atoms with Crippen LogP contribution in [0.4, 0.5) is 0 Å². The highest BCUT2D eigenvalue weighted by Crippen LogP contribution is 2.74. The molecule has 0 aromatic carbocycles. The second kappa shape index (κ2) is 35.4. The third kappa shape index (κ3) is 16.3. The van der Waals surface area contributed by atoms with Crippen molar-refractivity contribution in [1.29, 1.82) is 0 Å². The Balaban J connectivity index is 0.730. The van der Waals surface area contributed by atoms with E-state index in [4.69, 9.17) is 75.8 Å². The first-order valence-corrected chi connectivity index (χ1v) is 37.6. The molecule has 0 radical (unpaired) electrons. The summed E-state index contributed by atoms with van der Waals surface area (Å²) in [4.78, 5) is 0. The van der Waals surface area contributed by atoms with Crippen LogP contribution in [0.5, 0.6) is 0 Å². The summed E-state index contributed by atoms with van der Waals surface area (Å²) in [6.07, 6.45) is -73.7. The van der Waals surface area contributed by atoms with Gasteiger partial charge in [0.15, 0.2) is 56.6 Å². The zero-order valence-electron chi connectivity index (χ0n) is 60.7. The van der Waals surface area contributed by atoms with Crippen molar-refractivity contribution in [2.45, 2.75) is 329 Å². The van der Waals surface area contributed by atoms with Gasteiger partial charge in [0.2, 0.25) is 0 Å². The number of hydrogen-bond donors (Lipinski definition) is 27. The van der Waals surface area contributed by atoms with Gasteiger partial charge in [0.25, 0.3) is 0 Å². The molecular weight excluding hydrogens is 1500 g/mol. The number of fused-ring (bicyclic) bond motifs is 3. The zero-order valence-corrected chi connectivity index (χ0v) is 60.7. The van der Waals surface area contributed by atoms with Gasteiger partial charge in [-0.2, -0.15) is 0 Å². The molecule has 27 N–H and O–H groups in total. The Morgan fingerprint density at radius 1 is 0.351 bits per heavy atom. The van der Waals surface area contributed by atoms with Crippen molar-refractivity contribution >= 4 is 0 Å². The lowest BCUT2D eigenvalue weighted by atomic mass is 9.40. The molecule has 8 saturated heterocycles. The molecule has 111 heavy (non-hydrogen) atoms. The van der Waals surface area contributed by atoms with E-state index in [2.05, 4.69) is 13.5 Å². The van der Waals surface area contributed by atoms with Gasteiger partial charge in [-0.05, 0) is 79.6 Å². The smallest absolute Gasteiger partial charge is 0.189 e. The molecule has 43 nitrogen and oxygen atoms in total. The molecule has 4 saturated carbocycles. The average molecular weight is 1620 g/mol. The Bertz CT molecular complexity index is 3000. The maximum Gasteiger partial charge on any atom is 0.189 e. The second-order valence-electron chi connectivity index (χ2n) is 32.2. The highest BCUT2D eigenvalue weighted by atomic mass is 16.8. The molecule has 0 aromatic heterocycles.